The molecule has 1 aliphatic heterocycles. The third kappa shape index (κ3) is 4.52. The zero-order chi connectivity index (χ0) is 15.4. The summed E-state index contributed by atoms with van der Waals surface area (Å²) in [7, 11) is 1.65. The number of hydrogen-bond donors (Lipinski definition) is 2. The van der Waals surface area contributed by atoms with E-state index in [9.17, 15) is 9.59 Å². The van der Waals surface area contributed by atoms with Gasteiger partial charge in [0.2, 0.25) is 5.91 Å². The summed E-state index contributed by atoms with van der Waals surface area (Å²) < 4.78 is 0.908. The van der Waals surface area contributed by atoms with Gasteiger partial charge in [0, 0.05) is 19.6 Å². The van der Waals surface area contributed by atoms with Gasteiger partial charge < -0.3 is 15.5 Å². The first-order chi connectivity index (χ1) is 9.97. The Morgan fingerprint density at radius 3 is 2.90 bits per heavy atom. The summed E-state index contributed by atoms with van der Waals surface area (Å²) in [5, 5.41) is 6.29. The standard InChI is InChI=1S/C14H20BrN3O2S/c1-9-5-6-16-7-10(9)17-13(19)8-18(2)14(20)11-3-4-12(15)21-11/h3-4,9-10,16H,5-8H2,1-2H3,(H,17,19). The van der Waals surface area contributed by atoms with Crippen molar-refractivity contribution in [3.05, 3.63) is 20.8 Å². The lowest BCUT2D eigenvalue weighted by Gasteiger charge is -2.30. The van der Waals surface area contributed by atoms with Crippen LogP contribution in [0.15, 0.2) is 15.9 Å². The van der Waals surface area contributed by atoms with Crippen molar-refractivity contribution in [2.24, 2.45) is 5.92 Å². The van der Waals surface area contributed by atoms with Crippen molar-refractivity contribution in [1.82, 2.24) is 15.5 Å². The summed E-state index contributed by atoms with van der Waals surface area (Å²) in [4.78, 5) is 26.3. The van der Waals surface area contributed by atoms with Crippen LogP contribution in [0.25, 0.3) is 0 Å². The van der Waals surface area contributed by atoms with Crippen LogP contribution < -0.4 is 10.6 Å². The molecule has 2 N–H and O–H groups in total. The van der Waals surface area contributed by atoms with Crippen LogP contribution in [0.5, 0.6) is 0 Å². The van der Waals surface area contributed by atoms with E-state index >= 15 is 0 Å². The minimum Gasteiger partial charge on any atom is -0.350 e. The van der Waals surface area contributed by atoms with Crippen LogP contribution in [0.4, 0.5) is 0 Å². The normalized spacial score (nSPS) is 21.9. The topological polar surface area (TPSA) is 61.4 Å². The van der Waals surface area contributed by atoms with E-state index in [0.29, 0.717) is 10.8 Å². The molecular formula is C14H20BrN3O2S. The number of likely N-dealkylation sites (N-methyl/N-ethyl adjacent to an activating group) is 1. The molecule has 0 aromatic carbocycles. The molecule has 2 amide bonds. The second kappa shape index (κ2) is 7.38. The highest BCUT2D eigenvalue weighted by molar-refractivity contribution is 9.11. The van der Waals surface area contributed by atoms with Crippen LogP contribution in [0.3, 0.4) is 0 Å². The number of nitrogens with zero attached hydrogens (tertiary/aromatic N) is 1. The maximum atomic E-state index is 12.2. The van der Waals surface area contributed by atoms with Gasteiger partial charge in [0.1, 0.15) is 0 Å². The molecule has 21 heavy (non-hydrogen) atoms. The molecule has 1 saturated heterocycles. The number of hydrogen-bond acceptors (Lipinski definition) is 4. The molecule has 0 bridgehead atoms. The Bertz CT molecular complexity index is 520. The van der Waals surface area contributed by atoms with Crippen LogP contribution in [0, 0.1) is 5.92 Å². The third-order valence-electron chi connectivity index (χ3n) is 3.69. The number of nitrogens with one attached hydrogen (secondary N) is 2. The van der Waals surface area contributed by atoms with Crippen LogP contribution >= 0.6 is 27.3 Å². The van der Waals surface area contributed by atoms with Crippen molar-refractivity contribution in [3.8, 4) is 0 Å². The Hall–Kier alpha value is -0.920. The molecule has 0 radical (unpaired) electrons. The van der Waals surface area contributed by atoms with Gasteiger partial charge in [-0.05, 0) is 46.9 Å². The van der Waals surface area contributed by atoms with E-state index < -0.39 is 0 Å². The Morgan fingerprint density at radius 1 is 1.52 bits per heavy atom. The molecule has 1 fully saturated rings. The Labute approximate surface area is 137 Å². The van der Waals surface area contributed by atoms with Crippen molar-refractivity contribution in [3.63, 3.8) is 0 Å². The minimum absolute atomic E-state index is 0.0809. The molecule has 0 aliphatic carbocycles. The predicted molar refractivity (Wildman–Crippen MR) is 87.6 cm³/mol. The van der Waals surface area contributed by atoms with Crippen LogP contribution in [-0.4, -0.2) is 49.4 Å². The maximum absolute atomic E-state index is 12.2. The van der Waals surface area contributed by atoms with Gasteiger partial charge in [-0.2, -0.15) is 0 Å². The van der Waals surface area contributed by atoms with Gasteiger partial charge in [0.15, 0.2) is 0 Å². The van der Waals surface area contributed by atoms with Gasteiger partial charge in [-0.1, -0.05) is 6.92 Å². The highest BCUT2D eigenvalue weighted by Crippen LogP contribution is 2.23. The summed E-state index contributed by atoms with van der Waals surface area (Å²) >= 11 is 4.71. The smallest absolute Gasteiger partial charge is 0.264 e. The van der Waals surface area contributed by atoms with E-state index in [-0.39, 0.29) is 24.4 Å². The summed E-state index contributed by atoms with van der Waals surface area (Å²) in [6.07, 6.45) is 1.06. The van der Waals surface area contributed by atoms with Gasteiger partial charge in [0.25, 0.3) is 5.91 Å². The molecule has 1 aliphatic rings. The second-order valence-corrected chi connectivity index (χ2v) is 7.87. The number of halogens is 1. The molecule has 0 saturated carbocycles. The van der Waals surface area contributed by atoms with Crippen molar-refractivity contribution in [2.45, 2.75) is 19.4 Å². The molecular weight excluding hydrogens is 354 g/mol. The van der Waals surface area contributed by atoms with E-state index in [1.807, 2.05) is 6.07 Å². The number of carbonyl (C=O) groups excluding carboxylic acids is 2. The molecule has 2 unspecified atom stereocenters. The number of piperidine rings is 1. The summed E-state index contributed by atoms with van der Waals surface area (Å²) in [5.41, 5.74) is 0. The SMILES string of the molecule is CC1CCNCC1NC(=O)CN(C)C(=O)c1ccc(Br)s1. The lowest BCUT2D eigenvalue weighted by Crippen LogP contribution is -2.52. The fourth-order valence-electron chi connectivity index (χ4n) is 2.34. The van der Waals surface area contributed by atoms with Gasteiger partial charge in [-0.15, -0.1) is 11.3 Å². The third-order valence-corrected chi connectivity index (χ3v) is 5.30. The van der Waals surface area contributed by atoms with Gasteiger partial charge in [-0.3, -0.25) is 9.59 Å². The first kappa shape index (κ1) is 16.5. The molecule has 1 aromatic heterocycles. The molecule has 2 rings (SSSR count). The molecule has 2 heterocycles. The fourth-order valence-corrected chi connectivity index (χ4v) is 3.72. The van der Waals surface area contributed by atoms with E-state index in [1.165, 1.54) is 16.2 Å². The van der Waals surface area contributed by atoms with E-state index in [0.717, 1.165) is 23.3 Å². The zero-order valence-electron chi connectivity index (χ0n) is 12.2. The van der Waals surface area contributed by atoms with Crippen molar-refractivity contribution < 1.29 is 9.59 Å². The van der Waals surface area contributed by atoms with Crippen LogP contribution in [0.2, 0.25) is 0 Å². The van der Waals surface area contributed by atoms with Crippen molar-refractivity contribution >= 4 is 39.1 Å². The largest absolute Gasteiger partial charge is 0.350 e. The highest BCUT2D eigenvalue weighted by atomic mass is 79.9. The quantitative estimate of drug-likeness (QED) is 0.844. The molecule has 1 aromatic rings. The van der Waals surface area contributed by atoms with E-state index in [1.54, 1.807) is 13.1 Å². The highest BCUT2D eigenvalue weighted by Gasteiger charge is 2.24. The predicted octanol–water partition coefficient (Wildman–Crippen LogP) is 1.70. The van der Waals surface area contributed by atoms with Crippen LogP contribution in [-0.2, 0) is 4.79 Å². The Balaban J connectivity index is 1.85. The van der Waals surface area contributed by atoms with E-state index in [2.05, 4.69) is 33.5 Å². The molecule has 0 spiro atoms. The Kier molecular flexibility index (Phi) is 5.78. The van der Waals surface area contributed by atoms with Crippen molar-refractivity contribution in [2.75, 3.05) is 26.7 Å². The van der Waals surface area contributed by atoms with Gasteiger partial charge in [-0.25, -0.2) is 0 Å². The number of carbonyl (C=O) groups is 2. The number of rotatable bonds is 4. The van der Waals surface area contributed by atoms with Gasteiger partial charge >= 0.3 is 0 Å². The summed E-state index contributed by atoms with van der Waals surface area (Å²) in [6, 6.07) is 3.74. The van der Waals surface area contributed by atoms with Crippen molar-refractivity contribution in [1.29, 1.82) is 0 Å². The summed E-state index contributed by atoms with van der Waals surface area (Å²) in [6.45, 7) is 4.02. The summed E-state index contributed by atoms with van der Waals surface area (Å²) in [5.74, 6) is 0.224. The molecule has 7 heteroatoms. The molecule has 2 atom stereocenters. The lowest BCUT2D eigenvalue weighted by molar-refractivity contribution is -0.122. The van der Waals surface area contributed by atoms with E-state index in [4.69, 9.17) is 0 Å². The average Bonchev–Trinajstić information content (AvgIpc) is 2.87. The monoisotopic (exact) mass is 373 g/mol. The first-order valence-electron chi connectivity index (χ1n) is 6.98. The second-order valence-electron chi connectivity index (χ2n) is 5.41. The van der Waals surface area contributed by atoms with Gasteiger partial charge in [0.05, 0.1) is 15.2 Å². The zero-order valence-corrected chi connectivity index (χ0v) is 14.6. The minimum atomic E-state index is -0.129. The molecule has 116 valence electrons. The Morgan fingerprint density at radius 2 is 2.29 bits per heavy atom. The first-order valence-corrected chi connectivity index (χ1v) is 8.59. The fraction of sp³-hybridized carbons (Fsp3) is 0.571. The number of amides is 2. The molecule has 5 nitrogen and oxygen atoms in total. The lowest BCUT2D eigenvalue weighted by atomic mass is 9.95. The average molecular weight is 374 g/mol. The maximum Gasteiger partial charge on any atom is 0.264 e. The number of thiophene rings is 1. The van der Waals surface area contributed by atoms with Crippen LogP contribution in [0.1, 0.15) is 23.0 Å².